The molecule has 0 unspecified atom stereocenters. The second kappa shape index (κ2) is 7.76. The minimum atomic E-state index is -2.98. The molecule has 1 N–H and O–H groups in total. The third-order valence-corrected chi connectivity index (χ3v) is 6.12. The Morgan fingerprint density at radius 1 is 1.45 bits per heavy atom. The molecule has 5 nitrogen and oxygen atoms in total. The van der Waals surface area contributed by atoms with E-state index in [0.29, 0.717) is 21.7 Å². The number of para-hydroxylation sites is 1. The number of rotatable bonds is 4. The average Bonchev–Trinajstić information content (AvgIpc) is 3.04. The summed E-state index contributed by atoms with van der Waals surface area (Å²) in [5.41, 5.74) is 1.14. The number of benzene rings is 1. The number of nitrogens with one attached hydrogen (secondary N) is 1. The zero-order chi connectivity index (χ0) is 20.5. The van der Waals surface area contributed by atoms with E-state index in [1.807, 2.05) is 6.07 Å². The Bertz CT molecular complexity index is 1210. The molecule has 1 aliphatic rings. The molecule has 29 heavy (non-hydrogen) atoms. The predicted octanol–water partition coefficient (Wildman–Crippen LogP) is 4.77. The highest BCUT2D eigenvalue weighted by Gasteiger charge is 2.23. The van der Waals surface area contributed by atoms with Gasteiger partial charge in [0.2, 0.25) is 0 Å². The molecule has 1 aliphatic carbocycles. The lowest BCUT2D eigenvalue weighted by Crippen LogP contribution is -2.14. The quantitative estimate of drug-likeness (QED) is 0.625. The van der Waals surface area contributed by atoms with Gasteiger partial charge in [0.1, 0.15) is 16.6 Å². The monoisotopic (exact) mass is 413 g/mol. The largest absolute Gasteiger partial charge is 0.434 e. The number of H-pyrrole nitrogens is 1. The van der Waals surface area contributed by atoms with E-state index in [-0.39, 0.29) is 22.7 Å². The highest BCUT2D eigenvalue weighted by atomic mass is 32.1. The van der Waals surface area contributed by atoms with Gasteiger partial charge in [-0.3, -0.25) is 4.79 Å². The van der Waals surface area contributed by atoms with E-state index in [4.69, 9.17) is 0 Å². The van der Waals surface area contributed by atoms with Crippen molar-refractivity contribution in [2.24, 2.45) is 5.92 Å². The molecule has 1 atom stereocenters. The van der Waals surface area contributed by atoms with E-state index in [0.717, 1.165) is 24.8 Å². The number of aromatic nitrogens is 2. The molecule has 0 aliphatic heterocycles. The molecule has 8 heteroatoms. The van der Waals surface area contributed by atoms with Crippen LogP contribution < -0.4 is 10.3 Å². The molecule has 3 aromatic rings. The molecule has 0 fully saturated rings. The number of thiophene rings is 1. The van der Waals surface area contributed by atoms with Crippen molar-refractivity contribution < 1.29 is 13.5 Å². The molecule has 0 spiro atoms. The second-order valence-corrected chi connectivity index (χ2v) is 8.12. The number of alkyl halides is 2. The Balaban J connectivity index is 1.81. The molecule has 1 aromatic carbocycles. The normalized spacial score (nSPS) is 16.7. The zero-order valence-corrected chi connectivity index (χ0v) is 16.4. The van der Waals surface area contributed by atoms with Gasteiger partial charge in [-0.2, -0.15) is 14.0 Å². The highest BCUT2D eigenvalue weighted by molar-refractivity contribution is 7.18. The van der Waals surface area contributed by atoms with Crippen molar-refractivity contribution in [1.29, 1.82) is 5.26 Å². The molecule has 0 bridgehead atoms. The van der Waals surface area contributed by atoms with Crippen molar-refractivity contribution in [1.82, 2.24) is 9.97 Å². The fourth-order valence-corrected chi connectivity index (χ4v) is 4.97. The Morgan fingerprint density at radius 2 is 2.24 bits per heavy atom. The molecule has 0 saturated carbocycles. The summed E-state index contributed by atoms with van der Waals surface area (Å²) in [7, 11) is 0. The molecule has 4 rings (SSSR count). The molecule has 0 amide bonds. The van der Waals surface area contributed by atoms with Crippen molar-refractivity contribution >= 4 is 33.2 Å². The van der Waals surface area contributed by atoms with Crippen LogP contribution >= 0.6 is 11.3 Å². The number of aromatic amines is 1. The first-order valence-electron chi connectivity index (χ1n) is 9.17. The number of allylic oxidation sites excluding steroid dienone is 1. The maximum Gasteiger partial charge on any atom is 0.387 e. The number of ether oxygens (including phenoxy) is 1. The number of aryl methyl sites for hydroxylation is 1. The number of halogens is 2. The van der Waals surface area contributed by atoms with Crippen LogP contribution in [0.5, 0.6) is 5.75 Å². The van der Waals surface area contributed by atoms with Crippen LogP contribution in [-0.4, -0.2) is 16.6 Å². The van der Waals surface area contributed by atoms with E-state index >= 15 is 0 Å². The van der Waals surface area contributed by atoms with Crippen LogP contribution in [0, 0.1) is 17.2 Å². The first kappa shape index (κ1) is 19.3. The van der Waals surface area contributed by atoms with Crippen LogP contribution in [0.1, 0.15) is 35.2 Å². The summed E-state index contributed by atoms with van der Waals surface area (Å²) in [4.78, 5) is 21.7. The fraction of sp³-hybridized carbons (Fsp3) is 0.286. The van der Waals surface area contributed by atoms with Crippen LogP contribution in [0.25, 0.3) is 21.9 Å². The van der Waals surface area contributed by atoms with Gasteiger partial charge in [0.25, 0.3) is 5.56 Å². The Labute approximate surface area is 169 Å². The minimum absolute atomic E-state index is 0.0562. The molecule has 2 heterocycles. The van der Waals surface area contributed by atoms with E-state index in [9.17, 15) is 18.8 Å². The van der Waals surface area contributed by atoms with Gasteiger partial charge in [-0.05, 0) is 42.9 Å². The van der Waals surface area contributed by atoms with Crippen molar-refractivity contribution in [3.05, 3.63) is 56.4 Å². The van der Waals surface area contributed by atoms with Crippen molar-refractivity contribution in [3.63, 3.8) is 0 Å². The van der Waals surface area contributed by atoms with E-state index in [2.05, 4.69) is 21.6 Å². The van der Waals surface area contributed by atoms with Crippen molar-refractivity contribution in [2.45, 2.75) is 32.8 Å². The molecule has 2 aromatic heterocycles. The standard InChI is InChI=1S/C21H17F2N3O2S/c1-11-6-7-14-16(8-11)29-20-17(14)19(27)25-18(26-20)13(10-24)9-12-4-2-3-5-15(12)28-21(22)23/h2-5,9,11,21H,6-8H2,1H3,(H,25,26,27)/b13-9+/t11-/m0/s1. The van der Waals surface area contributed by atoms with Crippen LogP contribution in [0.4, 0.5) is 8.78 Å². The topological polar surface area (TPSA) is 78.8 Å². The lowest BCUT2D eigenvalue weighted by Gasteiger charge is -2.17. The Morgan fingerprint density at radius 3 is 3.00 bits per heavy atom. The van der Waals surface area contributed by atoms with E-state index < -0.39 is 6.61 Å². The number of hydrogen-bond acceptors (Lipinski definition) is 5. The molecule has 0 saturated heterocycles. The average molecular weight is 413 g/mol. The molecule has 0 radical (unpaired) electrons. The maximum absolute atomic E-state index is 12.7. The summed E-state index contributed by atoms with van der Waals surface area (Å²) in [5, 5.41) is 10.2. The smallest absolute Gasteiger partial charge is 0.387 e. The first-order chi connectivity index (χ1) is 14.0. The number of hydrogen-bond donors (Lipinski definition) is 1. The second-order valence-electron chi connectivity index (χ2n) is 7.03. The van der Waals surface area contributed by atoms with Crippen molar-refractivity contribution in [2.75, 3.05) is 0 Å². The third kappa shape index (κ3) is 3.78. The van der Waals surface area contributed by atoms with Gasteiger partial charge in [0.05, 0.1) is 11.0 Å². The summed E-state index contributed by atoms with van der Waals surface area (Å²) in [5.74, 6) is 0.623. The van der Waals surface area contributed by atoms with Gasteiger partial charge in [0, 0.05) is 10.4 Å². The molecular weight excluding hydrogens is 396 g/mol. The summed E-state index contributed by atoms with van der Waals surface area (Å²) >= 11 is 1.49. The Hall–Kier alpha value is -3.05. The maximum atomic E-state index is 12.7. The van der Waals surface area contributed by atoms with Crippen LogP contribution in [0.15, 0.2) is 29.1 Å². The van der Waals surface area contributed by atoms with Gasteiger partial charge >= 0.3 is 6.61 Å². The van der Waals surface area contributed by atoms with Crippen LogP contribution in [-0.2, 0) is 12.8 Å². The van der Waals surface area contributed by atoms with Gasteiger partial charge in [-0.1, -0.05) is 25.1 Å². The van der Waals surface area contributed by atoms with Gasteiger partial charge in [-0.25, -0.2) is 4.98 Å². The SMILES string of the molecule is C[C@H]1CCc2c(sc3nc(/C(C#N)=C/c4ccccc4OC(F)F)[nH]c(=O)c23)C1. The van der Waals surface area contributed by atoms with E-state index in [1.54, 1.807) is 18.2 Å². The number of nitriles is 1. The summed E-state index contributed by atoms with van der Waals surface area (Å²) in [6, 6.07) is 8.15. The third-order valence-electron chi connectivity index (χ3n) is 4.98. The predicted molar refractivity (Wildman–Crippen MR) is 108 cm³/mol. The zero-order valence-electron chi connectivity index (χ0n) is 15.5. The Kier molecular flexibility index (Phi) is 5.16. The van der Waals surface area contributed by atoms with Gasteiger partial charge in [0.15, 0.2) is 5.82 Å². The number of nitrogens with zero attached hydrogens (tertiary/aromatic N) is 2. The summed E-state index contributed by atoms with van der Waals surface area (Å²) in [6.07, 6.45) is 4.19. The van der Waals surface area contributed by atoms with Crippen molar-refractivity contribution in [3.8, 4) is 11.8 Å². The van der Waals surface area contributed by atoms with Gasteiger partial charge in [-0.15, -0.1) is 11.3 Å². The minimum Gasteiger partial charge on any atom is -0.434 e. The lowest BCUT2D eigenvalue weighted by atomic mass is 9.89. The highest BCUT2D eigenvalue weighted by Crippen LogP contribution is 2.36. The lowest BCUT2D eigenvalue weighted by molar-refractivity contribution is -0.0499. The van der Waals surface area contributed by atoms with Crippen LogP contribution in [0.2, 0.25) is 0 Å². The van der Waals surface area contributed by atoms with Gasteiger partial charge < -0.3 is 9.72 Å². The van der Waals surface area contributed by atoms with Crippen LogP contribution in [0.3, 0.4) is 0 Å². The number of fused-ring (bicyclic) bond motifs is 3. The summed E-state index contributed by atoms with van der Waals surface area (Å²) in [6.45, 7) is -0.796. The fourth-order valence-electron chi connectivity index (χ4n) is 3.59. The van der Waals surface area contributed by atoms with E-state index in [1.165, 1.54) is 28.4 Å². The first-order valence-corrected chi connectivity index (χ1v) is 9.98. The molecule has 148 valence electrons. The summed E-state index contributed by atoms with van der Waals surface area (Å²) < 4.78 is 29.8. The molecular formula is C21H17F2N3O2S.